The maximum absolute atomic E-state index is 13.0. The number of nitrogens with zero attached hydrogens (tertiary/aromatic N) is 4. The first-order chi connectivity index (χ1) is 13.9. The van der Waals surface area contributed by atoms with Gasteiger partial charge in [0.15, 0.2) is 0 Å². The first-order valence-corrected chi connectivity index (χ1v) is 9.74. The quantitative estimate of drug-likeness (QED) is 0.228. The Hall–Kier alpha value is -3.11. The summed E-state index contributed by atoms with van der Waals surface area (Å²) in [6, 6.07) is 12.9. The van der Waals surface area contributed by atoms with E-state index in [1.54, 1.807) is 43.3 Å². The van der Waals surface area contributed by atoms with E-state index in [1.165, 1.54) is 16.8 Å². The Bertz CT molecular complexity index is 1040. The van der Waals surface area contributed by atoms with Crippen LogP contribution in [0.15, 0.2) is 58.8 Å². The Morgan fingerprint density at radius 1 is 1.24 bits per heavy atom. The number of nitrogen functional groups attached to an aromatic ring is 1. The molecule has 150 valence electrons. The number of carbonyl (C=O) groups is 1. The van der Waals surface area contributed by atoms with Crippen molar-refractivity contribution < 1.29 is 9.18 Å². The third-order valence-electron chi connectivity index (χ3n) is 3.73. The van der Waals surface area contributed by atoms with Gasteiger partial charge >= 0.3 is 0 Å². The van der Waals surface area contributed by atoms with Crippen LogP contribution in [0.4, 0.5) is 16.0 Å². The molecule has 0 aliphatic carbocycles. The zero-order valence-corrected chi connectivity index (χ0v) is 16.8. The van der Waals surface area contributed by atoms with Crippen LogP contribution >= 0.6 is 23.4 Å². The van der Waals surface area contributed by atoms with Crippen molar-refractivity contribution in [1.82, 2.24) is 14.9 Å². The lowest BCUT2D eigenvalue weighted by atomic mass is 10.1. The number of rotatable bonds is 7. The normalized spacial score (nSPS) is 11.3. The highest BCUT2D eigenvalue weighted by atomic mass is 35.5. The van der Waals surface area contributed by atoms with E-state index in [0.29, 0.717) is 21.6 Å². The number of hydrazone groups is 1. The van der Waals surface area contributed by atoms with Gasteiger partial charge in [-0.05, 0) is 36.8 Å². The number of carbonyl (C=O) groups excluding carboxylic acids is 1. The lowest BCUT2D eigenvalue weighted by Crippen LogP contribution is -2.17. The largest absolute Gasteiger partial charge is 0.334 e. The van der Waals surface area contributed by atoms with Gasteiger partial charge in [-0.1, -0.05) is 47.6 Å². The fourth-order valence-electron chi connectivity index (χ4n) is 2.22. The second-order valence-corrected chi connectivity index (χ2v) is 7.16. The topological polar surface area (TPSA) is 110 Å². The molecule has 1 aromatic heterocycles. The minimum absolute atomic E-state index is 0.0679. The second-order valence-electron chi connectivity index (χ2n) is 5.81. The van der Waals surface area contributed by atoms with Gasteiger partial charge in [0.2, 0.25) is 11.1 Å². The molecule has 0 fully saturated rings. The summed E-state index contributed by atoms with van der Waals surface area (Å²) in [5, 5.41) is 15.5. The molecule has 1 heterocycles. The smallest absolute Gasteiger partial charge is 0.264 e. The number of hydrogen-bond acceptors (Lipinski definition) is 7. The summed E-state index contributed by atoms with van der Waals surface area (Å²) in [6.45, 7) is 1.76. The van der Waals surface area contributed by atoms with E-state index in [0.717, 1.165) is 17.3 Å². The number of amides is 1. The molecule has 3 aromatic rings. The fraction of sp³-hybridized carbons (Fsp3) is 0.111. The number of nitrogens with two attached hydrogens (primary N) is 1. The van der Waals surface area contributed by atoms with Gasteiger partial charge in [0.1, 0.15) is 5.82 Å². The number of anilines is 2. The molecule has 0 aliphatic rings. The van der Waals surface area contributed by atoms with Crippen molar-refractivity contribution in [3.8, 4) is 0 Å². The van der Waals surface area contributed by atoms with Crippen molar-refractivity contribution in [2.75, 3.05) is 22.3 Å². The Balaban J connectivity index is 1.57. The van der Waals surface area contributed by atoms with Crippen LogP contribution in [0.5, 0.6) is 0 Å². The van der Waals surface area contributed by atoms with Gasteiger partial charge in [-0.2, -0.15) is 5.10 Å². The van der Waals surface area contributed by atoms with Gasteiger partial charge in [0, 0.05) is 0 Å². The molecule has 3 rings (SSSR count). The first-order valence-electron chi connectivity index (χ1n) is 8.38. The highest BCUT2D eigenvalue weighted by molar-refractivity contribution is 7.99. The lowest BCUT2D eigenvalue weighted by Gasteiger charge is -2.07. The summed E-state index contributed by atoms with van der Waals surface area (Å²) in [6.07, 6.45) is 0. The summed E-state index contributed by atoms with van der Waals surface area (Å²) in [5.41, 5.74) is 4.59. The SMILES string of the molecule is C/C(=N\Nc1nnc(SCC(=O)Nc2ccccc2Cl)n1N)c1ccc(F)cc1. The minimum Gasteiger partial charge on any atom is -0.334 e. The van der Waals surface area contributed by atoms with Crippen LogP contribution in [0.3, 0.4) is 0 Å². The van der Waals surface area contributed by atoms with Crippen LogP contribution in [0.2, 0.25) is 5.02 Å². The van der Waals surface area contributed by atoms with E-state index in [1.807, 2.05) is 0 Å². The molecule has 1 amide bonds. The van der Waals surface area contributed by atoms with E-state index < -0.39 is 0 Å². The van der Waals surface area contributed by atoms with Crippen molar-refractivity contribution in [2.45, 2.75) is 12.1 Å². The molecule has 11 heteroatoms. The molecular formula is C18H17ClFN7OS. The molecule has 0 radical (unpaired) electrons. The molecule has 0 saturated heterocycles. The average molecular weight is 434 g/mol. The molecule has 0 unspecified atom stereocenters. The van der Waals surface area contributed by atoms with Gasteiger partial charge in [-0.3, -0.25) is 4.79 Å². The van der Waals surface area contributed by atoms with Gasteiger partial charge in [-0.25, -0.2) is 14.5 Å². The number of halogens is 2. The van der Waals surface area contributed by atoms with Crippen LogP contribution in [0, 0.1) is 5.82 Å². The maximum atomic E-state index is 13.0. The van der Waals surface area contributed by atoms with Crippen LogP contribution in [-0.4, -0.2) is 32.2 Å². The zero-order chi connectivity index (χ0) is 20.8. The number of hydrogen-bond donors (Lipinski definition) is 3. The molecule has 4 N–H and O–H groups in total. The van der Waals surface area contributed by atoms with E-state index in [4.69, 9.17) is 17.4 Å². The molecular weight excluding hydrogens is 417 g/mol. The van der Waals surface area contributed by atoms with Crippen molar-refractivity contribution in [3.05, 3.63) is 64.9 Å². The van der Waals surface area contributed by atoms with Crippen LogP contribution in [0.1, 0.15) is 12.5 Å². The third-order valence-corrected chi connectivity index (χ3v) is 5.00. The van der Waals surface area contributed by atoms with Crippen molar-refractivity contribution >= 4 is 46.6 Å². The van der Waals surface area contributed by atoms with E-state index in [9.17, 15) is 9.18 Å². The monoisotopic (exact) mass is 433 g/mol. The predicted molar refractivity (Wildman–Crippen MR) is 113 cm³/mol. The fourth-order valence-corrected chi connectivity index (χ4v) is 3.06. The number of para-hydroxylation sites is 1. The zero-order valence-electron chi connectivity index (χ0n) is 15.3. The van der Waals surface area contributed by atoms with Gasteiger partial charge in [0.25, 0.3) is 5.95 Å². The summed E-state index contributed by atoms with van der Waals surface area (Å²) in [5.74, 6) is 5.63. The van der Waals surface area contributed by atoms with E-state index >= 15 is 0 Å². The number of aromatic nitrogens is 3. The Kier molecular flexibility index (Phi) is 6.68. The van der Waals surface area contributed by atoms with Crippen LogP contribution in [0.25, 0.3) is 0 Å². The summed E-state index contributed by atoms with van der Waals surface area (Å²) in [4.78, 5) is 12.1. The standard InChI is InChI=1S/C18H17ClFN7OS/c1-11(12-6-8-13(20)9-7-12)23-24-17-25-26-18(27(17)21)29-10-16(28)22-15-5-3-2-4-14(15)19/h2-9H,10,21H2,1H3,(H,22,28)(H,24,25)/b23-11+. The van der Waals surface area contributed by atoms with Crippen LogP contribution < -0.4 is 16.6 Å². The predicted octanol–water partition coefficient (Wildman–Crippen LogP) is 3.35. The molecule has 29 heavy (non-hydrogen) atoms. The van der Waals surface area contributed by atoms with Crippen molar-refractivity contribution in [1.29, 1.82) is 0 Å². The lowest BCUT2D eigenvalue weighted by molar-refractivity contribution is -0.113. The third kappa shape index (κ3) is 5.46. The van der Waals surface area contributed by atoms with Gasteiger partial charge < -0.3 is 11.2 Å². The molecule has 0 spiro atoms. The Labute approximate surface area is 175 Å². The molecule has 2 aromatic carbocycles. The summed E-state index contributed by atoms with van der Waals surface area (Å²) in [7, 11) is 0. The van der Waals surface area contributed by atoms with Gasteiger partial charge in [-0.15, -0.1) is 10.2 Å². The Morgan fingerprint density at radius 3 is 2.69 bits per heavy atom. The molecule has 0 saturated carbocycles. The molecule has 0 bridgehead atoms. The molecule has 8 nitrogen and oxygen atoms in total. The average Bonchev–Trinajstić information content (AvgIpc) is 3.06. The van der Waals surface area contributed by atoms with Gasteiger partial charge in [0.05, 0.1) is 22.2 Å². The second kappa shape index (κ2) is 9.39. The van der Waals surface area contributed by atoms with E-state index in [-0.39, 0.29) is 23.4 Å². The number of thioether (sulfide) groups is 1. The van der Waals surface area contributed by atoms with Crippen molar-refractivity contribution in [3.63, 3.8) is 0 Å². The van der Waals surface area contributed by atoms with Crippen molar-refractivity contribution in [2.24, 2.45) is 5.10 Å². The Morgan fingerprint density at radius 2 is 1.97 bits per heavy atom. The van der Waals surface area contributed by atoms with E-state index in [2.05, 4.69) is 26.0 Å². The number of nitrogens with one attached hydrogen (secondary N) is 2. The number of benzene rings is 2. The van der Waals surface area contributed by atoms with Crippen LogP contribution in [-0.2, 0) is 4.79 Å². The first kappa shape index (κ1) is 20.6. The summed E-state index contributed by atoms with van der Waals surface area (Å²) < 4.78 is 14.2. The molecule has 0 atom stereocenters. The minimum atomic E-state index is -0.323. The molecule has 0 aliphatic heterocycles. The highest BCUT2D eigenvalue weighted by Gasteiger charge is 2.13. The summed E-state index contributed by atoms with van der Waals surface area (Å²) >= 11 is 7.13. The highest BCUT2D eigenvalue weighted by Crippen LogP contribution is 2.22. The maximum Gasteiger partial charge on any atom is 0.264 e.